The Morgan fingerprint density at radius 2 is 1.83 bits per heavy atom. The molecule has 1 aromatic heterocycles. The van der Waals surface area contributed by atoms with Crippen molar-refractivity contribution < 1.29 is 0 Å². The molecule has 0 aliphatic rings. The number of rotatable bonds is 4. The van der Waals surface area contributed by atoms with Crippen LogP contribution in [0.1, 0.15) is 18.3 Å². The normalized spacial score (nSPS) is 10.6. The monoisotopic (exact) mass is 166 g/mol. The summed E-state index contributed by atoms with van der Waals surface area (Å²) < 4.78 is 2.34. The van der Waals surface area contributed by atoms with Gasteiger partial charge in [0.25, 0.3) is 0 Å². The van der Waals surface area contributed by atoms with Crippen LogP contribution in [-0.2, 0) is 6.54 Å². The Balaban J connectivity index is 2.50. The van der Waals surface area contributed by atoms with Crippen molar-refractivity contribution in [1.82, 2.24) is 9.88 Å². The largest absolute Gasteiger partial charge is 0.348 e. The molecule has 1 rings (SSSR count). The van der Waals surface area contributed by atoms with Crippen LogP contribution in [0.15, 0.2) is 12.1 Å². The third-order valence-corrected chi connectivity index (χ3v) is 2.18. The van der Waals surface area contributed by atoms with E-state index in [0.29, 0.717) is 0 Å². The lowest BCUT2D eigenvalue weighted by Gasteiger charge is -2.08. The van der Waals surface area contributed by atoms with Gasteiger partial charge < -0.3 is 9.88 Å². The lowest BCUT2D eigenvalue weighted by Crippen LogP contribution is -2.20. The summed E-state index contributed by atoms with van der Waals surface area (Å²) in [7, 11) is 0. The van der Waals surface area contributed by atoms with Gasteiger partial charge >= 0.3 is 0 Å². The van der Waals surface area contributed by atoms with Crippen LogP contribution in [0.25, 0.3) is 0 Å². The van der Waals surface area contributed by atoms with E-state index in [1.54, 1.807) is 0 Å². The van der Waals surface area contributed by atoms with E-state index in [1.165, 1.54) is 11.4 Å². The molecule has 0 bridgehead atoms. The minimum absolute atomic E-state index is 1.05. The van der Waals surface area contributed by atoms with Gasteiger partial charge in [-0.15, -0.1) is 0 Å². The van der Waals surface area contributed by atoms with Crippen LogP contribution in [0, 0.1) is 13.8 Å². The smallest absolute Gasteiger partial charge is 0.0349 e. The van der Waals surface area contributed by atoms with Crippen LogP contribution in [0.2, 0.25) is 0 Å². The lowest BCUT2D eigenvalue weighted by molar-refractivity contribution is 0.596. The molecule has 0 saturated heterocycles. The van der Waals surface area contributed by atoms with Gasteiger partial charge in [0.1, 0.15) is 0 Å². The van der Waals surface area contributed by atoms with E-state index in [1.807, 2.05) is 0 Å². The molecule has 0 aromatic carbocycles. The van der Waals surface area contributed by atoms with E-state index in [2.05, 4.69) is 42.8 Å². The predicted octanol–water partition coefficient (Wildman–Crippen LogP) is 1.71. The third-order valence-electron chi connectivity index (χ3n) is 2.18. The zero-order valence-electron chi connectivity index (χ0n) is 8.22. The van der Waals surface area contributed by atoms with Crippen molar-refractivity contribution in [2.45, 2.75) is 27.3 Å². The van der Waals surface area contributed by atoms with E-state index in [4.69, 9.17) is 0 Å². The second-order valence-corrected chi connectivity index (χ2v) is 3.12. The van der Waals surface area contributed by atoms with Crippen LogP contribution in [0.5, 0.6) is 0 Å². The van der Waals surface area contributed by atoms with Crippen molar-refractivity contribution in [3.8, 4) is 0 Å². The Hall–Kier alpha value is -0.760. The third kappa shape index (κ3) is 2.11. The molecule has 0 aliphatic heterocycles. The number of nitrogens with zero attached hydrogens (tertiary/aromatic N) is 1. The van der Waals surface area contributed by atoms with Crippen LogP contribution in [0.4, 0.5) is 0 Å². The van der Waals surface area contributed by atoms with Gasteiger partial charge in [-0.3, -0.25) is 0 Å². The van der Waals surface area contributed by atoms with Crippen molar-refractivity contribution in [3.05, 3.63) is 23.5 Å². The second-order valence-electron chi connectivity index (χ2n) is 3.12. The van der Waals surface area contributed by atoms with Crippen molar-refractivity contribution in [2.75, 3.05) is 13.1 Å². The zero-order chi connectivity index (χ0) is 8.97. The van der Waals surface area contributed by atoms with Crippen molar-refractivity contribution in [2.24, 2.45) is 0 Å². The first-order valence-corrected chi connectivity index (χ1v) is 4.59. The first-order valence-electron chi connectivity index (χ1n) is 4.59. The van der Waals surface area contributed by atoms with Gasteiger partial charge in [-0.2, -0.15) is 0 Å². The maximum Gasteiger partial charge on any atom is 0.0349 e. The van der Waals surface area contributed by atoms with Crippen LogP contribution >= 0.6 is 0 Å². The Kier molecular flexibility index (Phi) is 3.35. The van der Waals surface area contributed by atoms with Crippen molar-refractivity contribution in [1.29, 1.82) is 0 Å². The molecule has 1 aromatic rings. The number of aromatic nitrogens is 1. The molecule has 1 heterocycles. The molecule has 0 aliphatic carbocycles. The predicted molar refractivity (Wildman–Crippen MR) is 52.4 cm³/mol. The van der Waals surface area contributed by atoms with Crippen LogP contribution in [-0.4, -0.2) is 17.7 Å². The van der Waals surface area contributed by atoms with E-state index < -0.39 is 0 Å². The fourth-order valence-corrected chi connectivity index (χ4v) is 1.42. The fraction of sp³-hybridized carbons (Fsp3) is 0.600. The highest BCUT2D eigenvalue weighted by Gasteiger charge is 1.98. The summed E-state index contributed by atoms with van der Waals surface area (Å²) in [6.45, 7) is 9.64. The average Bonchev–Trinajstić information content (AvgIpc) is 2.35. The summed E-state index contributed by atoms with van der Waals surface area (Å²) in [6.07, 6.45) is 0. The molecule has 2 nitrogen and oxygen atoms in total. The molecule has 0 spiro atoms. The van der Waals surface area contributed by atoms with Gasteiger partial charge in [0.15, 0.2) is 0 Å². The summed E-state index contributed by atoms with van der Waals surface area (Å²) >= 11 is 0. The highest BCUT2D eigenvalue weighted by Crippen LogP contribution is 2.05. The maximum absolute atomic E-state index is 3.32. The van der Waals surface area contributed by atoms with Crippen LogP contribution < -0.4 is 5.32 Å². The SMILES string of the molecule is CCNCCn1c(C)ccc1C. The molecule has 0 fully saturated rings. The minimum Gasteiger partial charge on any atom is -0.348 e. The molecule has 68 valence electrons. The van der Waals surface area contributed by atoms with Crippen molar-refractivity contribution >= 4 is 0 Å². The van der Waals surface area contributed by atoms with Gasteiger partial charge in [0.05, 0.1) is 0 Å². The number of hydrogen-bond donors (Lipinski definition) is 1. The van der Waals surface area contributed by atoms with Gasteiger partial charge in [-0.1, -0.05) is 6.92 Å². The first kappa shape index (κ1) is 9.33. The summed E-state index contributed by atoms with van der Waals surface area (Å²) in [4.78, 5) is 0. The van der Waals surface area contributed by atoms with Gasteiger partial charge in [-0.25, -0.2) is 0 Å². The lowest BCUT2D eigenvalue weighted by atomic mass is 10.5. The van der Waals surface area contributed by atoms with E-state index >= 15 is 0 Å². The Bertz CT molecular complexity index is 218. The van der Waals surface area contributed by atoms with E-state index in [0.717, 1.165) is 19.6 Å². The topological polar surface area (TPSA) is 17.0 Å². The first-order chi connectivity index (χ1) is 5.75. The molecular formula is C10H18N2. The molecule has 0 amide bonds. The summed E-state index contributed by atoms with van der Waals surface area (Å²) in [6, 6.07) is 4.34. The Labute approximate surface area is 74.6 Å². The summed E-state index contributed by atoms with van der Waals surface area (Å²) in [5.74, 6) is 0. The van der Waals surface area contributed by atoms with Gasteiger partial charge in [-0.05, 0) is 32.5 Å². The number of hydrogen-bond acceptors (Lipinski definition) is 1. The molecule has 0 saturated carbocycles. The number of likely N-dealkylation sites (N-methyl/N-ethyl adjacent to an activating group) is 1. The Morgan fingerprint density at radius 3 is 2.33 bits per heavy atom. The standard InChI is InChI=1S/C10H18N2/c1-4-11-7-8-12-9(2)5-6-10(12)3/h5-6,11H,4,7-8H2,1-3H3. The highest BCUT2D eigenvalue weighted by molar-refractivity contribution is 5.13. The Morgan fingerprint density at radius 1 is 1.25 bits per heavy atom. The van der Waals surface area contributed by atoms with Crippen molar-refractivity contribution in [3.63, 3.8) is 0 Å². The molecule has 12 heavy (non-hydrogen) atoms. The fourth-order valence-electron chi connectivity index (χ4n) is 1.42. The molecule has 1 N–H and O–H groups in total. The molecule has 0 unspecified atom stereocenters. The molecule has 0 radical (unpaired) electrons. The van der Waals surface area contributed by atoms with Gasteiger partial charge in [0.2, 0.25) is 0 Å². The minimum atomic E-state index is 1.05. The molecule has 0 atom stereocenters. The summed E-state index contributed by atoms with van der Waals surface area (Å²) in [5, 5.41) is 3.32. The highest BCUT2D eigenvalue weighted by atomic mass is 15.0. The number of nitrogens with one attached hydrogen (secondary N) is 1. The van der Waals surface area contributed by atoms with Crippen LogP contribution in [0.3, 0.4) is 0 Å². The van der Waals surface area contributed by atoms with E-state index in [-0.39, 0.29) is 0 Å². The zero-order valence-corrected chi connectivity index (χ0v) is 8.22. The number of aryl methyl sites for hydroxylation is 2. The maximum atomic E-state index is 3.32. The van der Waals surface area contributed by atoms with E-state index in [9.17, 15) is 0 Å². The quantitative estimate of drug-likeness (QED) is 0.674. The molecular weight excluding hydrogens is 148 g/mol. The second kappa shape index (κ2) is 4.31. The average molecular weight is 166 g/mol. The molecule has 2 heteroatoms. The van der Waals surface area contributed by atoms with Gasteiger partial charge in [0, 0.05) is 24.5 Å². The summed E-state index contributed by atoms with van der Waals surface area (Å²) in [5.41, 5.74) is 2.70.